The minimum Gasteiger partial charge on any atom is -0.342 e. The smallest absolute Gasteiger partial charge is 0.240 e. The van der Waals surface area contributed by atoms with Crippen molar-refractivity contribution in [2.75, 3.05) is 13.1 Å². The van der Waals surface area contributed by atoms with E-state index in [1.807, 2.05) is 17.0 Å². The van der Waals surface area contributed by atoms with Gasteiger partial charge in [-0.1, -0.05) is 0 Å². The largest absolute Gasteiger partial charge is 0.342 e. The van der Waals surface area contributed by atoms with Gasteiger partial charge >= 0.3 is 0 Å². The first kappa shape index (κ1) is 12.6. The zero-order chi connectivity index (χ0) is 12.8. The van der Waals surface area contributed by atoms with Gasteiger partial charge in [0.2, 0.25) is 5.91 Å². The summed E-state index contributed by atoms with van der Waals surface area (Å²) in [6.45, 7) is 1.60. The number of rotatable bonds is 3. The molecule has 0 spiro atoms. The molecule has 0 aliphatic carbocycles. The fourth-order valence-electron chi connectivity index (χ4n) is 2.28. The summed E-state index contributed by atoms with van der Waals surface area (Å²) in [6.07, 6.45) is 7.16. The first-order chi connectivity index (χ1) is 8.81. The molecule has 1 aromatic rings. The molecule has 0 radical (unpaired) electrons. The van der Waals surface area contributed by atoms with Crippen LogP contribution in [0.3, 0.4) is 0 Å². The number of amides is 1. The number of hydrogen-bond donors (Lipinski definition) is 0. The lowest BCUT2D eigenvalue weighted by Crippen LogP contribution is -2.39. The van der Waals surface area contributed by atoms with Gasteiger partial charge in [0.1, 0.15) is 5.92 Å². The van der Waals surface area contributed by atoms with Gasteiger partial charge in [0, 0.05) is 25.5 Å². The van der Waals surface area contributed by atoms with Crippen LogP contribution in [-0.2, 0) is 11.2 Å². The zero-order valence-electron chi connectivity index (χ0n) is 10.4. The van der Waals surface area contributed by atoms with Crippen molar-refractivity contribution in [2.45, 2.75) is 25.7 Å². The number of carbonyl (C=O) groups excluding carboxylic acids is 1. The summed E-state index contributed by atoms with van der Waals surface area (Å²) < 4.78 is 0. The Morgan fingerprint density at radius 2 is 2.00 bits per heavy atom. The molecule has 1 atom stereocenters. The van der Waals surface area contributed by atoms with Gasteiger partial charge in [0.05, 0.1) is 6.07 Å². The number of hydrogen-bond acceptors (Lipinski definition) is 3. The lowest BCUT2D eigenvalue weighted by molar-refractivity contribution is -0.134. The molecular formula is C14H17N3O. The van der Waals surface area contributed by atoms with Crippen molar-refractivity contribution in [3.8, 4) is 6.07 Å². The highest BCUT2D eigenvalue weighted by Gasteiger charge is 2.25. The average molecular weight is 243 g/mol. The molecule has 1 amide bonds. The molecule has 0 bridgehead atoms. The summed E-state index contributed by atoms with van der Waals surface area (Å²) in [4.78, 5) is 18.0. The van der Waals surface area contributed by atoms with Gasteiger partial charge in [-0.25, -0.2) is 0 Å². The highest BCUT2D eigenvalue weighted by molar-refractivity contribution is 5.81. The Bertz CT molecular complexity index is 432. The molecule has 1 saturated heterocycles. The van der Waals surface area contributed by atoms with E-state index in [1.54, 1.807) is 12.4 Å². The molecule has 18 heavy (non-hydrogen) atoms. The van der Waals surface area contributed by atoms with Crippen LogP contribution < -0.4 is 0 Å². The molecule has 4 nitrogen and oxygen atoms in total. The highest BCUT2D eigenvalue weighted by Crippen LogP contribution is 2.15. The van der Waals surface area contributed by atoms with Crippen molar-refractivity contribution in [1.82, 2.24) is 9.88 Å². The summed E-state index contributed by atoms with van der Waals surface area (Å²) in [5.74, 6) is -0.584. The first-order valence-electron chi connectivity index (χ1n) is 6.38. The number of likely N-dealkylation sites (tertiary alicyclic amines) is 1. The van der Waals surface area contributed by atoms with E-state index in [2.05, 4.69) is 11.1 Å². The van der Waals surface area contributed by atoms with E-state index in [9.17, 15) is 10.1 Å². The summed E-state index contributed by atoms with van der Waals surface area (Å²) >= 11 is 0. The van der Waals surface area contributed by atoms with Crippen LogP contribution in [-0.4, -0.2) is 28.9 Å². The lowest BCUT2D eigenvalue weighted by atomic mass is 9.99. The molecule has 1 aliphatic heterocycles. The van der Waals surface area contributed by atoms with Crippen LogP contribution in [0.2, 0.25) is 0 Å². The van der Waals surface area contributed by atoms with E-state index in [4.69, 9.17) is 0 Å². The minimum absolute atomic E-state index is 0.0194. The van der Waals surface area contributed by atoms with Gasteiger partial charge < -0.3 is 4.90 Å². The number of carbonyl (C=O) groups is 1. The minimum atomic E-state index is -0.564. The Kier molecular flexibility index (Phi) is 4.30. The number of piperidine rings is 1. The second kappa shape index (κ2) is 6.15. The van der Waals surface area contributed by atoms with Crippen LogP contribution in [0.25, 0.3) is 0 Å². The van der Waals surface area contributed by atoms with Gasteiger partial charge in [-0.2, -0.15) is 5.26 Å². The molecular weight excluding hydrogens is 226 g/mol. The second-order valence-corrected chi connectivity index (χ2v) is 4.63. The number of pyridine rings is 1. The Balaban J connectivity index is 2.00. The van der Waals surface area contributed by atoms with Crippen LogP contribution in [0, 0.1) is 17.2 Å². The number of nitriles is 1. The Morgan fingerprint density at radius 1 is 1.33 bits per heavy atom. The Morgan fingerprint density at radius 3 is 2.61 bits per heavy atom. The fraction of sp³-hybridized carbons (Fsp3) is 0.500. The zero-order valence-corrected chi connectivity index (χ0v) is 10.4. The van der Waals surface area contributed by atoms with E-state index in [0.29, 0.717) is 6.42 Å². The highest BCUT2D eigenvalue weighted by atomic mass is 16.2. The van der Waals surface area contributed by atoms with E-state index >= 15 is 0 Å². The predicted octanol–water partition coefficient (Wildman–Crippen LogP) is 1.78. The second-order valence-electron chi connectivity index (χ2n) is 4.63. The van der Waals surface area contributed by atoms with Gasteiger partial charge in [-0.15, -0.1) is 0 Å². The third kappa shape index (κ3) is 3.07. The van der Waals surface area contributed by atoms with Gasteiger partial charge in [0.25, 0.3) is 0 Å². The first-order valence-corrected chi connectivity index (χ1v) is 6.38. The molecule has 0 aromatic carbocycles. The molecule has 1 unspecified atom stereocenters. The maximum atomic E-state index is 12.2. The Labute approximate surface area is 107 Å². The molecule has 2 heterocycles. The van der Waals surface area contributed by atoms with E-state index in [-0.39, 0.29) is 5.91 Å². The molecule has 94 valence electrons. The summed E-state index contributed by atoms with van der Waals surface area (Å²) in [5.41, 5.74) is 0.988. The molecule has 0 saturated carbocycles. The maximum Gasteiger partial charge on any atom is 0.240 e. The third-order valence-electron chi connectivity index (χ3n) is 3.31. The lowest BCUT2D eigenvalue weighted by Gasteiger charge is -2.28. The van der Waals surface area contributed by atoms with Crippen molar-refractivity contribution in [3.05, 3.63) is 30.1 Å². The van der Waals surface area contributed by atoms with Gasteiger partial charge in [0.15, 0.2) is 0 Å². The molecule has 0 N–H and O–H groups in total. The molecule has 4 heteroatoms. The quantitative estimate of drug-likeness (QED) is 0.813. The van der Waals surface area contributed by atoms with Crippen molar-refractivity contribution < 1.29 is 4.79 Å². The van der Waals surface area contributed by atoms with E-state index in [1.165, 1.54) is 6.42 Å². The molecule has 2 rings (SSSR count). The van der Waals surface area contributed by atoms with Crippen LogP contribution in [0.1, 0.15) is 24.8 Å². The Hall–Kier alpha value is -1.89. The molecule has 1 aromatic heterocycles. The fourth-order valence-corrected chi connectivity index (χ4v) is 2.28. The molecule has 1 aliphatic rings. The summed E-state index contributed by atoms with van der Waals surface area (Å²) in [7, 11) is 0. The third-order valence-corrected chi connectivity index (χ3v) is 3.31. The van der Waals surface area contributed by atoms with Gasteiger partial charge in [-0.3, -0.25) is 9.78 Å². The van der Waals surface area contributed by atoms with Crippen molar-refractivity contribution in [3.63, 3.8) is 0 Å². The van der Waals surface area contributed by atoms with Crippen molar-refractivity contribution >= 4 is 5.91 Å². The topological polar surface area (TPSA) is 57.0 Å². The standard InChI is InChI=1S/C14H17N3O/c15-11-13(10-12-4-6-16-7-5-12)14(18)17-8-2-1-3-9-17/h4-7,13H,1-3,8-10H2. The van der Waals surface area contributed by atoms with E-state index < -0.39 is 5.92 Å². The molecule has 1 fully saturated rings. The van der Waals surface area contributed by atoms with Crippen LogP contribution >= 0.6 is 0 Å². The average Bonchev–Trinajstić information content (AvgIpc) is 2.46. The van der Waals surface area contributed by atoms with Crippen LogP contribution in [0.5, 0.6) is 0 Å². The SMILES string of the molecule is N#CC(Cc1ccncc1)C(=O)N1CCCCC1. The normalized spacial score (nSPS) is 16.9. The van der Waals surface area contributed by atoms with Crippen molar-refractivity contribution in [1.29, 1.82) is 5.26 Å². The summed E-state index contributed by atoms with van der Waals surface area (Å²) in [5, 5.41) is 9.18. The maximum absolute atomic E-state index is 12.2. The van der Waals surface area contributed by atoms with Crippen LogP contribution in [0.4, 0.5) is 0 Å². The predicted molar refractivity (Wildman–Crippen MR) is 67.5 cm³/mol. The van der Waals surface area contributed by atoms with Gasteiger partial charge in [-0.05, 0) is 43.4 Å². The summed E-state index contributed by atoms with van der Waals surface area (Å²) in [6, 6.07) is 5.85. The monoisotopic (exact) mass is 243 g/mol. The van der Waals surface area contributed by atoms with E-state index in [0.717, 1.165) is 31.5 Å². The number of nitrogens with zero attached hydrogens (tertiary/aromatic N) is 3. The van der Waals surface area contributed by atoms with Crippen LogP contribution in [0.15, 0.2) is 24.5 Å². The number of aromatic nitrogens is 1. The van der Waals surface area contributed by atoms with Crippen molar-refractivity contribution in [2.24, 2.45) is 5.92 Å².